The number of rotatable bonds is 4. The van der Waals surface area contributed by atoms with E-state index in [2.05, 4.69) is 10.3 Å². The van der Waals surface area contributed by atoms with E-state index in [1.54, 1.807) is 0 Å². The highest BCUT2D eigenvalue weighted by atomic mass is 32.2. The van der Waals surface area contributed by atoms with Crippen molar-refractivity contribution in [1.82, 2.24) is 18.7 Å². The molecule has 0 radical (unpaired) electrons. The van der Waals surface area contributed by atoms with Crippen molar-refractivity contribution in [3.8, 4) is 0 Å². The Morgan fingerprint density at radius 1 is 1.10 bits per heavy atom. The standard InChI is InChI=1S/C17H16F3N5O5S/c1-23-12-13(24(2)16(28)25(3)14(12)27)22-15(23)31(29,30)8-11(26)21-10-6-4-5-9(7-10)17(18,19)20/h4-7H,8H2,1-3H3,(H,21,26). The van der Waals surface area contributed by atoms with E-state index in [0.29, 0.717) is 6.07 Å². The lowest BCUT2D eigenvalue weighted by atomic mass is 10.2. The molecule has 14 heteroatoms. The van der Waals surface area contributed by atoms with E-state index in [1.807, 2.05) is 0 Å². The Morgan fingerprint density at radius 2 is 1.74 bits per heavy atom. The molecule has 0 spiro atoms. The van der Waals surface area contributed by atoms with Gasteiger partial charge in [-0.25, -0.2) is 13.2 Å². The van der Waals surface area contributed by atoms with Gasteiger partial charge in [0, 0.05) is 26.8 Å². The van der Waals surface area contributed by atoms with Crippen LogP contribution in [0.25, 0.3) is 11.2 Å². The highest BCUT2D eigenvalue weighted by Crippen LogP contribution is 2.30. The van der Waals surface area contributed by atoms with E-state index >= 15 is 0 Å². The summed E-state index contributed by atoms with van der Waals surface area (Å²) in [4.78, 5) is 40.4. The molecule has 0 aliphatic carbocycles. The Bertz CT molecular complexity index is 1430. The van der Waals surface area contributed by atoms with Crippen molar-refractivity contribution in [3.05, 3.63) is 50.7 Å². The van der Waals surface area contributed by atoms with Crippen LogP contribution in [0, 0.1) is 0 Å². The molecule has 1 aromatic carbocycles. The normalized spacial score (nSPS) is 12.3. The first-order valence-electron chi connectivity index (χ1n) is 8.56. The Kier molecular flexibility index (Phi) is 5.29. The fraction of sp³-hybridized carbons (Fsp3) is 0.294. The summed E-state index contributed by atoms with van der Waals surface area (Å²) in [5.41, 5.74) is -3.10. The van der Waals surface area contributed by atoms with Crippen LogP contribution in [0.15, 0.2) is 39.0 Å². The molecule has 0 saturated heterocycles. The average Bonchev–Trinajstić information content (AvgIpc) is 3.02. The number of aryl methyl sites for hydroxylation is 2. The van der Waals surface area contributed by atoms with Crippen molar-refractivity contribution in [2.75, 3.05) is 11.1 Å². The molecule has 10 nitrogen and oxygen atoms in total. The van der Waals surface area contributed by atoms with Crippen LogP contribution in [-0.4, -0.2) is 38.8 Å². The molecule has 0 fully saturated rings. The number of imidazole rings is 1. The molecule has 166 valence electrons. The predicted octanol–water partition coefficient (Wildman–Crippen LogP) is 0.402. The molecular formula is C17H16F3N5O5S. The number of hydrogen-bond donors (Lipinski definition) is 1. The minimum absolute atomic E-state index is 0.165. The van der Waals surface area contributed by atoms with Crippen LogP contribution in [0.1, 0.15) is 5.56 Å². The summed E-state index contributed by atoms with van der Waals surface area (Å²) in [7, 11) is -0.665. The molecule has 0 aliphatic rings. The maximum absolute atomic E-state index is 12.8. The molecule has 0 unspecified atom stereocenters. The van der Waals surface area contributed by atoms with Gasteiger partial charge in [-0.2, -0.15) is 18.2 Å². The number of carbonyl (C=O) groups excluding carboxylic acids is 1. The summed E-state index contributed by atoms with van der Waals surface area (Å²) < 4.78 is 66.5. The smallest absolute Gasteiger partial charge is 0.325 e. The summed E-state index contributed by atoms with van der Waals surface area (Å²) in [6.45, 7) is 0. The summed E-state index contributed by atoms with van der Waals surface area (Å²) in [6.07, 6.45) is -4.64. The zero-order valence-electron chi connectivity index (χ0n) is 16.4. The van der Waals surface area contributed by atoms with Gasteiger partial charge >= 0.3 is 11.9 Å². The Balaban J connectivity index is 1.95. The van der Waals surface area contributed by atoms with E-state index in [4.69, 9.17) is 0 Å². The molecule has 1 amide bonds. The third-order valence-electron chi connectivity index (χ3n) is 4.51. The number of fused-ring (bicyclic) bond motifs is 1. The van der Waals surface area contributed by atoms with Crippen molar-refractivity contribution >= 4 is 32.6 Å². The third-order valence-corrected chi connectivity index (χ3v) is 6.07. The van der Waals surface area contributed by atoms with Gasteiger partial charge in [0.25, 0.3) is 5.56 Å². The van der Waals surface area contributed by atoms with Crippen LogP contribution < -0.4 is 16.6 Å². The second-order valence-corrected chi connectivity index (χ2v) is 8.60. The van der Waals surface area contributed by atoms with Gasteiger partial charge in [-0.1, -0.05) is 6.07 Å². The summed E-state index contributed by atoms with van der Waals surface area (Å²) in [5.74, 6) is -2.25. The van der Waals surface area contributed by atoms with Gasteiger partial charge in [-0.05, 0) is 18.2 Å². The van der Waals surface area contributed by atoms with E-state index in [9.17, 15) is 36.0 Å². The van der Waals surface area contributed by atoms with Gasteiger partial charge in [0.05, 0.1) is 5.56 Å². The zero-order chi connectivity index (χ0) is 23.3. The zero-order valence-corrected chi connectivity index (χ0v) is 17.2. The summed E-state index contributed by atoms with van der Waals surface area (Å²) in [6, 6.07) is 3.71. The van der Waals surface area contributed by atoms with Crippen LogP contribution in [-0.2, 0) is 42.0 Å². The first-order valence-corrected chi connectivity index (χ1v) is 10.2. The van der Waals surface area contributed by atoms with Crippen LogP contribution >= 0.6 is 0 Å². The second kappa shape index (κ2) is 7.37. The predicted molar refractivity (Wildman–Crippen MR) is 103 cm³/mol. The number of amides is 1. The molecule has 3 aromatic rings. The molecule has 1 N–H and O–H groups in total. The number of nitrogens with zero attached hydrogens (tertiary/aromatic N) is 4. The van der Waals surface area contributed by atoms with Gasteiger partial charge in [0.1, 0.15) is 5.75 Å². The molecule has 3 rings (SSSR count). The number of carbonyl (C=O) groups is 1. The number of nitrogens with one attached hydrogen (secondary N) is 1. The fourth-order valence-corrected chi connectivity index (χ4v) is 4.26. The minimum Gasteiger partial charge on any atom is -0.325 e. The quantitative estimate of drug-likeness (QED) is 0.602. The van der Waals surface area contributed by atoms with Gasteiger partial charge in [-0.3, -0.25) is 18.7 Å². The maximum atomic E-state index is 12.8. The third kappa shape index (κ3) is 3.97. The average molecular weight is 459 g/mol. The van der Waals surface area contributed by atoms with E-state index in [1.165, 1.54) is 27.2 Å². The van der Waals surface area contributed by atoms with Crippen molar-refractivity contribution in [3.63, 3.8) is 0 Å². The van der Waals surface area contributed by atoms with Crippen LogP contribution in [0.4, 0.5) is 18.9 Å². The SMILES string of the molecule is Cn1c(=O)c2c(nc(S(=O)(=O)CC(=O)Nc3cccc(C(F)(F)F)c3)n2C)n(C)c1=O. The van der Waals surface area contributed by atoms with Crippen LogP contribution in [0.2, 0.25) is 0 Å². The van der Waals surface area contributed by atoms with Gasteiger partial charge in [0.15, 0.2) is 11.2 Å². The number of anilines is 1. The van der Waals surface area contributed by atoms with Crippen molar-refractivity contribution in [1.29, 1.82) is 0 Å². The van der Waals surface area contributed by atoms with E-state index in [-0.39, 0.29) is 16.9 Å². The molecule has 0 saturated carbocycles. The summed E-state index contributed by atoms with van der Waals surface area (Å²) in [5, 5.41) is 1.46. The van der Waals surface area contributed by atoms with Gasteiger partial charge in [0.2, 0.25) is 20.9 Å². The Morgan fingerprint density at radius 3 is 2.35 bits per heavy atom. The lowest BCUT2D eigenvalue weighted by Gasteiger charge is -2.10. The molecular weight excluding hydrogens is 443 g/mol. The van der Waals surface area contributed by atoms with Gasteiger partial charge < -0.3 is 9.88 Å². The van der Waals surface area contributed by atoms with Crippen molar-refractivity contribution in [2.45, 2.75) is 11.3 Å². The minimum atomic E-state index is -4.64. The Labute approximate surface area is 172 Å². The fourth-order valence-electron chi connectivity index (χ4n) is 2.98. The first kappa shape index (κ1) is 22.3. The molecule has 0 bridgehead atoms. The lowest BCUT2D eigenvalue weighted by molar-refractivity contribution is -0.137. The topological polar surface area (TPSA) is 125 Å². The number of alkyl halides is 3. The maximum Gasteiger partial charge on any atom is 0.416 e. The second-order valence-electron chi connectivity index (χ2n) is 6.72. The molecule has 2 aromatic heterocycles. The Hall–Kier alpha value is -3.42. The monoisotopic (exact) mass is 459 g/mol. The number of hydrogen-bond acceptors (Lipinski definition) is 6. The van der Waals surface area contributed by atoms with Crippen molar-refractivity contribution < 1.29 is 26.4 Å². The van der Waals surface area contributed by atoms with E-state index in [0.717, 1.165) is 25.8 Å². The number of sulfone groups is 1. The summed E-state index contributed by atoms with van der Waals surface area (Å²) >= 11 is 0. The van der Waals surface area contributed by atoms with Crippen LogP contribution in [0.5, 0.6) is 0 Å². The molecule has 2 heterocycles. The highest BCUT2D eigenvalue weighted by Gasteiger charge is 2.31. The first-order chi connectivity index (χ1) is 14.2. The largest absolute Gasteiger partial charge is 0.416 e. The lowest BCUT2D eigenvalue weighted by Crippen LogP contribution is -2.37. The van der Waals surface area contributed by atoms with E-state index < -0.39 is 49.6 Å². The molecule has 0 atom stereocenters. The number of benzene rings is 1. The van der Waals surface area contributed by atoms with Gasteiger partial charge in [-0.15, -0.1) is 0 Å². The van der Waals surface area contributed by atoms with Crippen molar-refractivity contribution in [2.24, 2.45) is 21.1 Å². The molecule has 31 heavy (non-hydrogen) atoms. The number of halogens is 3. The van der Waals surface area contributed by atoms with Crippen LogP contribution in [0.3, 0.4) is 0 Å². The molecule has 0 aliphatic heterocycles. The number of aromatic nitrogens is 4. The highest BCUT2D eigenvalue weighted by molar-refractivity contribution is 7.92.